The van der Waals surface area contributed by atoms with Crippen LogP contribution in [0.15, 0.2) is 6.20 Å². The number of nitrogens with zero attached hydrogens (tertiary/aromatic N) is 1. The van der Waals surface area contributed by atoms with Gasteiger partial charge in [0.25, 0.3) is 0 Å². The number of aliphatic carboxylic acids is 1. The highest BCUT2D eigenvalue weighted by Gasteiger charge is 2.13. The van der Waals surface area contributed by atoms with E-state index >= 15 is 0 Å². The van der Waals surface area contributed by atoms with Gasteiger partial charge in [0.1, 0.15) is 5.01 Å². The molecule has 0 saturated carbocycles. The van der Waals surface area contributed by atoms with E-state index < -0.39 is 12.0 Å². The molecule has 1 aromatic rings. The zero-order chi connectivity index (χ0) is 9.14. The van der Waals surface area contributed by atoms with E-state index in [-0.39, 0.29) is 6.42 Å². The van der Waals surface area contributed by atoms with Gasteiger partial charge < -0.3 is 10.8 Å². The maximum absolute atomic E-state index is 10.3. The summed E-state index contributed by atoms with van der Waals surface area (Å²) in [7, 11) is 0. The van der Waals surface area contributed by atoms with Crippen molar-refractivity contribution in [2.75, 3.05) is 0 Å². The second-order valence-electron chi connectivity index (χ2n) is 2.51. The third kappa shape index (κ3) is 2.28. The number of rotatable bonds is 3. The van der Waals surface area contributed by atoms with Gasteiger partial charge in [0, 0.05) is 11.1 Å². The van der Waals surface area contributed by atoms with E-state index in [4.69, 9.17) is 10.8 Å². The summed E-state index contributed by atoms with van der Waals surface area (Å²) in [5.74, 6) is -0.893. The highest BCUT2D eigenvalue weighted by Crippen LogP contribution is 2.19. The van der Waals surface area contributed by atoms with Gasteiger partial charge in [0.2, 0.25) is 0 Å². The molecule has 12 heavy (non-hydrogen) atoms. The molecule has 3 N–H and O–H groups in total. The van der Waals surface area contributed by atoms with Crippen molar-refractivity contribution in [3.63, 3.8) is 0 Å². The Morgan fingerprint density at radius 3 is 3.00 bits per heavy atom. The highest BCUT2D eigenvalue weighted by atomic mass is 32.1. The van der Waals surface area contributed by atoms with Crippen LogP contribution in [0.2, 0.25) is 0 Å². The molecule has 1 rings (SSSR count). The standard InChI is InChI=1S/C7H10N2O2S/c1-4-3-9-7(12-4)5(8)2-6(10)11/h3,5H,2,8H2,1H3,(H,10,11). The Morgan fingerprint density at radius 2 is 2.58 bits per heavy atom. The van der Waals surface area contributed by atoms with Crippen molar-refractivity contribution in [1.82, 2.24) is 4.98 Å². The number of nitrogens with two attached hydrogens (primary N) is 1. The molecule has 0 spiro atoms. The third-order valence-electron chi connectivity index (χ3n) is 1.35. The Labute approximate surface area is 74.0 Å². The van der Waals surface area contributed by atoms with Crippen molar-refractivity contribution in [3.8, 4) is 0 Å². The van der Waals surface area contributed by atoms with E-state index in [0.29, 0.717) is 5.01 Å². The van der Waals surface area contributed by atoms with Gasteiger partial charge >= 0.3 is 5.97 Å². The number of carboxylic acids is 1. The summed E-state index contributed by atoms with van der Waals surface area (Å²) in [6.07, 6.45) is 1.63. The fourth-order valence-corrected chi connectivity index (χ4v) is 1.59. The lowest BCUT2D eigenvalue weighted by Gasteiger charge is -2.02. The van der Waals surface area contributed by atoms with Crippen molar-refractivity contribution in [2.24, 2.45) is 5.73 Å². The average Bonchev–Trinajstić information content (AvgIpc) is 2.34. The molecule has 0 bridgehead atoms. The van der Waals surface area contributed by atoms with Crippen LogP contribution in [-0.2, 0) is 4.79 Å². The van der Waals surface area contributed by atoms with Crippen LogP contribution in [0, 0.1) is 6.92 Å². The number of hydrogen-bond acceptors (Lipinski definition) is 4. The number of thiazole rings is 1. The van der Waals surface area contributed by atoms with E-state index in [1.807, 2.05) is 6.92 Å². The maximum atomic E-state index is 10.3. The van der Waals surface area contributed by atoms with Crippen LogP contribution in [0.25, 0.3) is 0 Å². The molecule has 1 unspecified atom stereocenters. The number of carboxylic acid groups (broad SMARTS) is 1. The minimum atomic E-state index is -0.893. The van der Waals surface area contributed by atoms with E-state index in [2.05, 4.69) is 4.98 Å². The number of hydrogen-bond donors (Lipinski definition) is 2. The summed E-state index contributed by atoms with van der Waals surface area (Å²) < 4.78 is 0. The van der Waals surface area contributed by atoms with Gasteiger partial charge in [0.05, 0.1) is 12.5 Å². The van der Waals surface area contributed by atoms with Crippen LogP contribution in [0.4, 0.5) is 0 Å². The molecule has 0 radical (unpaired) electrons. The Hall–Kier alpha value is -0.940. The summed E-state index contributed by atoms with van der Waals surface area (Å²) in [5.41, 5.74) is 5.58. The molecule has 1 heterocycles. The van der Waals surface area contributed by atoms with Crippen molar-refractivity contribution in [2.45, 2.75) is 19.4 Å². The van der Waals surface area contributed by atoms with E-state index in [1.165, 1.54) is 11.3 Å². The van der Waals surface area contributed by atoms with Gasteiger partial charge in [-0.1, -0.05) is 0 Å². The molecule has 1 aromatic heterocycles. The van der Waals surface area contributed by atoms with Gasteiger partial charge in [-0.2, -0.15) is 0 Å². The number of aryl methyl sites for hydroxylation is 1. The van der Waals surface area contributed by atoms with Gasteiger partial charge in [0.15, 0.2) is 0 Å². The summed E-state index contributed by atoms with van der Waals surface area (Å²) >= 11 is 1.44. The first-order chi connectivity index (χ1) is 5.59. The quantitative estimate of drug-likeness (QED) is 0.736. The Kier molecular flexibility index (Phi) is 2.78. The van der Waals surface area contributed by atoms with Crippen molar-refractivity contribution >= 4 is 17.3 Å². The average molecular weight is 186 g/mol. The first-order valence-electron chi connectivity index (χ1n) is 3.49. The lowest BCUT2D eigenvalue weighted by Crippen LogP contribution is -2.14. The van der Waals surface area contributed by atoms with Gasteiger partial charge in [-0.3, -0.25) is 4.79 Å². The number of carbonyl (C=O) groups is 1. The lowest BCUT2D eigenvalue weighted by molar-refractivity contribution is -0.137. The normalized spacial score (nSPS) is 12.8. The van der Waals surface area contributed by atoms with E-state index in [9.17, 15) is 4.79 Å². The molecular formula is C7H10N2O2S. The van der Waals surface area contributed by atoms with E-state index in [0.717, 1.165) is 4.88 Å². The molecular weight excluding hydrogens is 176 g/mol. The van der Waals surface area contributed by atoms with Crippen molar-refractivity contribution in [3.05, 3.63) is 16.1 Å². The summed E-state index contributed by atoms with van der Waals surface area (Å²) in [6, 6.07) is -0.471. The summed E-state index contributed by atoms with van der Waals surface area (Å²) in [4.78, 5) is 15.3. The predicted molar refractivity (Wildman–Crippen MR) is 46.0 cm³/mol. The molecule has 5 heteroatoms. The van der Waals surface area contributed by atoms with E-state index in [1.54, 1.807) is 6.20 Å². The molecule has 0 aliphatic rings. The fraction of sp³-hybridized carbons (Fsp3) is 0.429. The first-order valence-corrected chi connectivity index (χ1v) is 4.31. The molecule has 0 aliphatic heterocycles. The minimum absolute atomic E-state index is 0.0625. The Morgan fingerprint density at radius 1 is 1.92 bits per heavy atom. The van der Waals surface area contributed by atoms with Crippen LogP contribution in [-0.4, -0.2) is 16.1 Å². The molecule has 0 aliphatic carbocycles. The molecule has 4 nitrogen and oxygen atoms in total. The Balaban J connectivity index is 2.64. The van der Waals surface area contributed by atoms with Crippen LogP contribution in [0.5, 0.6) is 0 Å². The maximum Gasteiger partial charge on any atom is 0.305 e. The second-order valence-corrected chi connectivity index (χ2v) is 3.78. The monoisotopic (exact) mass is 186 g/mol. The third-order valence-corrected chi connectivity index (χ3v) is 2.40. The predicted octanol–water partition coefficient (Wildman–Crippen LogP) is 0.926. The van der Waals surface area contributed by atoms with Crippen LogP contribution < -0.4 is 5.73 Å². The van der Waals surface area contributed by atoms with Gasteiger partial charge in [-0.05, 0) is 6.92 Å². The zero-order valence-corrected chi connectivity index (χ0v) is 7.47. The van der Waals surface area contributed by atoms with Crippen LogP contribution in [0.1, 0.15) is 22.3 Å². The summed E-state index contributed by atoms with van der Waals surface area (Å²) in [6.45, 7) is 1.91. The van der Waals surface area contributed by atoms with Crippen LogP contribution >= 0.6 is 11.3 Å². The fourth-order valence-electron chi connectivity index (χ4n) is 0.819. The lowest BCUT2D eigenvalue weighted by atomic mass is 10.2. The summed E-state index contributed by atoms with van der Waals surface area (Å²) in [5, 5.41) is 9.14. The molecule has 0 fully saturated rings. The molecule has 0 amide bonds. The topological polar surface area (TPSA) is 76.2 Å². The van der Waals surface area contributed by atoms with Gasteiger partial charge in [-0.15, -0.1) is 11.3 Å². The first kappa shape index (κ1) is 9.15. The van der Waals surface area contributed by atoms with Crippen molar-refractivity contribution < 1.29 is 9.90 Å². The highest BCUT2D eigenvalue weighted by molar-refractivity contribution is 7.11. The molecule has 0 saturated heterocycles. The van der Waals surface area contributed by atoms with Gasteiger partial charge in [-0.25, -0.2) is 4.98 Å². The number of aromatic nitrogens is 1. The van der Waals surface area contributed by atoms with Crippen molar-refractivity contribution in [1.29, 1.82) is 0 Å². The molecule has 66 valence electrons. The molecule has 0 aromatic carbocycles. The SMILES string of the molecule is Cc1cnc(C(N)CC(=O)O)s1. The zero-order valence-electron chi connectivity index (χ0n) is 6.65. The Bertz CT molecular complexity index is 285. The smallest absolute Gasteiger partial charge is 0.305 e. The molecule has 1 atom stereocenters. The second kappa shape index (κ2) is 3.64. The largest absolute Gasteiger partial charge is 0.481 e. The van der Waals surface area contributed by atoms with Crippen LogP contribution in [0.3, 0.4) is 0 Å². The minimum Gasteiger partial charge on any atom is -0.481 e.